The first kappa shape index (κ1) is 20.9. The van der Waals surface area contributed by atoms with Crippen LogP contribution in [0.15, 0.2) is 27.8 Å². The molecule has 1 aromatic heterocycles. The molecule has 2 aromatic rings. The highest BCUT2D eigenvalue weighted by molar-refractivity contribution is 8.00. The number of thioether (sulfide) groups is 1. The molecule has 1 aromatic carbocycles. The van der Waals surface area contributed by atoms with Gasteiger partial charge in [0.2, 0.25) is 11.8 Å². The van der Waals surface area contributed by atoms with Gasteiger partial charge in [0.25, 0.3) is 5.22 Å². The Morgan fingerprint density at radius 2 is 1.96 bits per heavy atom. The molecule has 0 radical (unpaired) electrons. The van der Waals surface area contributed by atoms with Crippen molar-refractivity contribution in [2.75, 3.05) is 18.1 Å². The summed E-state index contributed by atoms with van der Waals surface area (Å²) in [4.78, 5) is 14.5. The highest BCUT2D eigenvalue weighted by Crippen LogP contribution is 2.29. The first-order chi connectivity index (χ1) is 13.2. The fourth-order valence-corrected chi connectivity index (χ4v) is 6.01. The predicted molar refractivity (Wildman–Crippen MR) is 109 cm³/mol. The molecule has 0 saturated carbocycles. The molecule has 0 unspecified atom stereocenters. The quantitative estimate of drug-likeness (QED) is 0.660. The Morgan fingerprint density at radius 1 is 1.29 bits per heavy atom. The molecule has 1 amide bonds. The molecule has 0 N–H and O–H groups in total. The zero-order valence-electron chi connectivity index (χ0n) is 16.5. The van der Waals surface area contributed by atoms with Crippen molar-refractivity contribution in [3.63, 3.8) is 0 Å². The highest BCUT2D eigenvalue weighted by Gasteiger charge is 2.35. The summed E-state index contributed by atoms with van der Waals surface area (Å²) < 4.78 is 29.3. The van der Waals surface area contributed by atoms with Gasteiger partial charge in [0.05, 0.1) is 16.8 Å². The number of rotatable bonds is 6. The molecule has 1 aliphatic heterocycles. The van der Waals surface area contributed by atoms with Crippen molar-refractivity contribution >= 4 is 27.5 Å². The van der Waals surface area contributed by atoms with Crippen LogP contribution in [-0.4, -0.2) is 58.8 Å². The predicted octanol–water partition coefficient (Wildman–Crippen LogP) is 2.87. The maximum atomic E-state index is 12.9. The number of nitrogens with zero attached hydrogens (tertiary/aromatic N) is 3. The SMILES string of the molecule is CCN(C(=O)[C@@H](C)Sc1nnc(-c2cc(C)cc(C)c2)o1)[C@@H]1CCS(=O)(=O)C1. The summed E-state index contributed by atoms with van der Waals surface area (Å²) in [5, 5.41) is 8.04. The molecular formula is C19H25N3O4S2. The van der Waals surface area contributed by atoms with Gasteiger partial charge in [-0.25, -0.2) is 8.42 Å². The van der Waals surface area contributed by atoms with E-state index >= 15 is 0 Å². The standard InChI is InChI=1S/C19H25N3O4S2/c1-5-22(16-6-7-28(24,25)11-16)18(23)14(4)27-19-21-20-17(26-19)15-9-12(2)8-13(3)10-15/h8-10,14,16H,5-7,11H2,1-4H3/t14-,16-/m1/s1. The highest BCUT2D eigenvalue weighted by atomic mass is 32.2. The fraction of sp³-hybridized carbons (Fsp3) is 0.526. The van der Waals surface area contributed by atoms with E-state index in [2.05, 4.69) is 16.3 Å². The van der Waals surface area contributed by atoms with Crippen LogP contribution in [0.2, 0.25) is 0 Å². The Labute approximate surface area is 169 Å². The molecule has 28 heavy (non-hydrogen) atoms. The van der Waals surface area contributed by atoms with Gasteiger partial charge in [-0.05, 0) is 46.2 Å². The Balaban J connectivity index is 1.69. The van der Waals surface area contributed by atoms with E-state index in [4.69, 9.17) is 4.42 Å². The second-order valence-electron chi connectivity index (χ2n) is 7.19. The van der Waals surface area contributed by atoms with Crippen molar-refractivity contribution in [2.45, 2.75) is 50.6 Å². The molecule has 3 rings (SSSR count). The minimum Gasteiger partial charge on any atom is -0.411 e. The Bertz CT molecular complexity index is 951. The second kappa shape index (κ2) is 8.24. The van der Waals surface area contributed by atoms with Crippen LogP contribution in [0.5, 0.6) is 0 Å². The van der Waals surface area contributed by atoms with Gasteiger partial charge < -0.3 is 9.32 Å². The Hall–Kier alpha value is -1.87. The summed E-state index contributed by atoms with van der Waals surface area (Å²) in [6, 6.07) is 5.77. The number of hydrogen-bond donors (Lipinski definition) is 0. The van der Waals surface area contributed by atoms with Crippen LogP contribution in [0.4, 0.5) is 0 Å². The minimum atomic E-state index is -3.04. The van der Waals surface area contributed by atoms with Gasteiger partial charge >= 0.3 is 0 Å². The van der Waals surface area contributed by atoms with Crippen LogP contribution in [-0.2, 0) is 14.6 Å². The lowest BCUT2D eigenvalue weighted by molar-refractivity contribution is -0.131. The zero-order chi connectivity index (χ0) is 20.5. The lowest BCUT2D eigenvalue weighted by Gasteiger charge is -2.28. The van der Waals surface area contributed by atoms with Crippen molar-refractivity contribution in [2.24, 2.45) is 0 Å². The first-order valence-electron chi connectivity index (χ1n) is 9.28. The monoisotopic (exact) mass is 423 g/mol. The molecule has 9 heteroatoms. The van der Waals surface area contributed by atoms with Gasteiger partial charge in [0.15, 0.2) is 9.84 Å². The second-order valence-corrected chi connectivity index (χ2v) is 10.7. The maximum Gasteiger partial charge on any atom is 0.277 e. The summed E-state index contributed by atoms with van der Waals surface area (Å²) in [7, 11) is -3.04. The molecule has 0 bridgehead atoms. The third-order valence-electron chi connectivity index (χ3n) is 4.77. The topological polar surface area (TPSA) is 93.4 Å². The molecule has 1 aliphatic rings. The lowest BCUT2D eigenvalue weighted by atomic mass is 10.1. The molecule has 7 nitrogen and oxygen atoms in total. The summed E-state index contributed by atoms with van der Waals surface area (Å²) in [5.41, 5.74) is 3.06. The molecule has 1 saturated heterocycles. The number of carbonyl (C=O) groups excluding carboxylic acids is 1. The number of amides is 1. The average Bonchev–Trinajstić information content (AvgIpc) is 3.21. The van der Waals surface area contributed by atoms with E-state index in [9.17, 15) is 13.2 Å². The van der Waals surface area contributed by atoms with Crippen molar-refractivity contribution in [1.82, 2.24) is 15.1 Å². The van der Waals surface area contributed by atoms with Gasteiger partial charge in [0.1, 0.15) is 0 Å². The first-order valence-corrected chi connectivity index (χ1v) is 12.0. The normalized spacial score (nSPS) is 19.5. The number of benzene rings is 1. The van der Waals surface area contributed by atoms with Crippen LogP contribution < -0.4 is 0 Å². The van der Waals surface area contributed by atoms with E-state index in [1.807, 2.05) is 32.9 Å². The number of aromatic nitrogens is 2. The third kappa shape index (κ3) is 4.75. The Morgan fingerprint density at radius 3 is 2.54 bits per heavy atom. The summed E-state index contributed by atoms with van der Waals surface area (Å²) >= 11 is 1.20. The van der Waals surface area contributed by atoms with Gasteiger partial charge in [-0.15, -0.1) is 10.2 Å². The number of carbonyl (C=O) groups is 1. The van der Waals surface area contributed by atoms with Crippen LogP contribution in [0.25, 0.3) is 11.5 Å². The maximum absolute atomic E-state index is 12.9. The van der Waals surface area contributed by atoms with E-state index in [0.29, 0.717) is 24.1 Å². The van der Waals surface area contributed by atoms with E-state index in [1.54, 1.807) is 11.8 Å². The molecule has 0 spiro atoms. The third-order valence-corrected chi connectivity index (χ3v) is 7.45. The van der Waals surface area contributed by atoms with Crippen molar-refractivity contribution in [3.8, 4) is 11.5 Å². The Kier molecular flexibility index (Phi) is 6.14. The summed E-state index contributed by atoms with van der Waals surface area (Å²) in [6.45, 7) is 8.13. The molecule has 2 atom stereocenters. The van der Waals surface area contributed by atoms with E-state index in [1.165, 1.54) is 11.8 Å². The molecule has 152 valence electrons. The number of aryl methyl sites for hydroxylation is 2. The van der Waals surface area contributed by atoms with Crippen molar-refractivity contribution < 1.29 is 17.6 Å². The molecular weight excluding hydrogens is 398 g/mol. The van der Waals surface area contributed by atoms with E-state index in [-0.39, 0.29) is 23.5 Å². The van der Waals surface area contributed by atoms with Gasteiger partial charge in [-0.2, -0.15) is 0 Å². The minimum absolute atomic E-state index is 0.0430. The molecule has 1 fully saturated rings. The van der Waals surface area contributed by atoms with E-state index in [0.717, 1.165) is 16.7 Å². The largest absolute Gasteiger partial charge is 0.411 e. The number of sulfone groups is 1. The number of hydrogen-bond acceptors (Lipinski definition) is 7. The summed E-state index contributed by atoms with van der Waals surface area (Å²) in [6.07, 6.45) is 0.497. The van der Waals surface area contributed by atoms with Crippen molar-refractivity contribution in [1.29, 1.82) is 0 Å². The smallest absolute Gasteiger partial charge is 0.277 e. The van der Waals surface area contributed by atoms with Crippen LogP contribution in [0.1, 0.15) is 31.4 Å². The van der Waals surface area contributed by atoms with E-state index < -0.39 is 15.1 Å². The van der Waals surface area contributed by atoms with Crippen molar-refractivity contribution in [3.05, 3.63) is 29.3 Å². The lowest BCUT2D eigenvalue weighted by Crippen LogP contribution is -2.44. The molecule has 2 heterocycles. The van der Waals surface area contributed by atoms with Gasteiger partial charge in [-0.3, -0.25) is 4.79 Å². The fourth-order valence-electron chi connectivity index (χ4n) is 3.52. The van der Waals surface area contributed by atoms with Crippen LogP contribution in [0.3, 0.4) is 0 Å². The van der Waals surface area contributed by atoms with Gasteiger partial charge in [-0.1, -0.05) is 29.0 Å². The average molecular weight is 424 g/mol. The summed E-state index contributed by atoms with van der Waals surface area (Å²) in [5.74, 6) is 0.497. The molecule has 0 aliphatic carbocycles. The van der Waals surface area contributed by atoms with Gasteiger partial charge in [0, 0.05) is 18.2 Å². The zero-order valence-corrected chi connectivity index (χ0v) is 18.1. The van der Waals surface area contributed by atoms with Crippen LogP contribution >= 0.6 is 11.8 Å². The van der Waals surface area contributed by atoms with Crippen LogP contribution in [0, 0.1) is 13.8 Å².